The average molecular weight is 187 g/mol. The predicted molar refractivity (Wildman–Crippen MR) is 52.4 cm³/mol. The second kappa shape index (κ2) is 4.94. The number of ether oxygens (including phenoxy) is 1. The molecule has 1 atom stereocenters. The van der Waals surface area contributed by atoms with Crippen LogP contribution in [0.25, 0.3) is 0 Å². The number of nitrogens with two attached hydrogens (primary N) is 1. The second-order valence-electron chi connectivity index (χ2n) is 4.24. The van der Waals surface area contributed by atoms with Crippen molar-refractivity contribution in [1.82, 2.24) is 0 Å². The van der Waals surface area contributed by atoms with E-state index in [0.29, 0.717) is 12.5 Å². The first-order valence-electron chi connectivity index (χ1n) is 5.11. The zero-order valence-corrected chi connectivity index (χ0v) is 8.46. The Labute approximate surface area is 80.3 Å². The Morgan fingerprint density at radius 1 is 1.46 bits per heavy atom. The van der Waals surface area contributed by atoms with Crippen molar-refractivity contribution >= 4 is 0 Å². The molecule has 13 heavy (non-hydrogen) atoms. The number of aliphatic hydroxyl groups is 1. The highest BCUT2D eigenvalue weighted by atomic mass is 16.5. The van der Waals surface area contributed by atoms with Crippen LogP contribution in [0.1, 0.15) is 26.2 Å². The topological polar surface area (TPSA) is 55.5 Å². The van der Waals surface area contributed by atoms with Gasteiger partial charge in [0, 0.05) is 19.8 Å². The van der Waals surface area contributed by atoms with Gasteiger partial charge in [-0.3, -0.25) is 0 Å². The zero-order valence-electron chi connectivity index (χ0n) is 8.46. The molecule has 0 aliphatic carbocycles. The molecule has 1 rings (SSSR count). The molecule has 78 valence electrons. The molecule has 1 fully saturated rings. The van der Waals surface area contributed by atoms with Crippen LogP contribution in [0, 0.1) is 11.3 Å². The highest BCUT2D eigenvalue weighted by Crippen LogP contribution is 2.36. The van der Waals surface area contributed by atoms with Gasteiger partial charge in [-0.2, -0.15) is 0 Å². The quantitative estimate of drug-likeness (QED) is 0.683. The van der Waals surface area contributed by atoms with E-state index in [1.807, 2.05) is 0 Å². The molecule has 0 aromatic rings. The van der Waals surface area contributed by atoms with Gasteiger partial charge in [-0.1, -0.05) is 6.92 Å². The molecular formula is C10H21NO2. The van der Waals surface area contributed by atoms with Gasteiger partial charge in [0.2, 0.25) is 0 Å². The van der Waals surface area contributed by atoms with Crippen LogP contribution in [0.3, 0.4) is 0 Å². The van der Waals surface area contributed by atoms with Crippen LogP contribution >= 0.6 is 0 Å². The van der Waals surface area contributed by atoms with Crippen molar-refractivity contribution in [3.8, 4) is 0 Å². The Bertz CT molecular complexity index is 146. The molecule has 0 saturated carbocycles. The lowest BCUT2D eigenvalue weighted by Crippen LogP contribution is -2.37. The number of hydrogen-bond donors (Lipinski definition) is 2. The molecule has 0 amide bonds. The summed E-state index contributed by atoms with van der Waals surface area (Å²) >= 11 is 0. The Balaban J connectivity index is 2.51. The Morgan fingerprint density at radius 2 is 2.08 bits per heavy atom. The van der Waals surface area contributed by atoms with Crippen molar-refractivity contribution in [1.29, 1.82) is 0 Å². The normalized spacial score (nSPS) is 24.2. The van der Waals surface area contributed by atoms with Gasteiger partial charge in [0.25, 0.3) is 0 Å². The van der Waals surface area contributed by atoms with E-state index in [9.17, 15) is 5.11 Å². The van der Waals surface area contributed by atoms with Crippen molar-refractivity contribution in [2.45, 2.75) is 26.2 Å². The van der Waals surface area contributed by atoms with E-state index in [1.165, 1.54) is 0 Å². The van der Waals surface area contributed by atoms with E-state index < -0.39 is 0 Å². The maximum atomic E-state index is 9.37. The van der Waals surface area contributed by atoms with Gasteiger partial charge < -0.3 is 15.6 Å². The summed E-state index contributed by atoms with van der Waals surface area (Å²) in [5, 5.41) is 9.37. The fraction of sp³-hybridized carbons (Fsp3) is 1.00. The van der Waals surface area contributed by atoms with Crippen LogP contribution in [-0.4, -0.2) is 31.5 Å². The Hall–Kier alpha value is -0.120. The molecule has 3 nitrogen and oxygen atoms in total. The highest BCUT2D eigenvalue weighted by molar-refractivity contribution is 4.83. The van der Waals surface area contributed by atoms with E-state index in [-0.39, 0.29) is 12.0 Å². The van der Waals surface area contributed by atoms with Gasteiger partial charge in [0.15, 0.2) is 0 Å². The number of rotatable bonds is 4. The minimum absolute atomic E-state index is 0.0124. The first-order valence-corrected chi connectivity index (χ1v) is 5.11. The molecule has 0 spiro atoms. The molecule has 3 heteroatoms. The van der Waals surface area contributed by atoms with Gasteiger partial charge in [0.1, 0.15) is 0 Å². The number of aliphatic hydroxyl groups excluding tert-OH is 1. The monoisotopic (exact) mass is 187 g/mol. The van der Waals surface area contributed by atoms with Gasteiger partial charge in [-0.25, -0.2) is 0 Å². The van der Waals surface area contributed by atoms with Gasteiger partial charge in [-0.05, 0) is 37.1 Å². The van der Waals surface area contributed by atoms with E-state index >= 15 is 0 Å². The minimum Gasteiger partial charge on any atom is -0.396 e. The van der Waals surface area contributed by atoms with Crippen LogP contribution in [0.4, 0.5) is 0 Å². The molecule has 1 aliphatic heterocycles. The number of hydrogen-bond acceptors (Lipinski definition) is 3. The van der Waals surface area contributed by atoms with Gasteiger partial charge in [0.05, 0.1) is 0 Å². The molecule has 0 aromatic heterocycles. The van der Waals surface area contributed by atoms with E-state index in [2.05, 4.69) is 6.92 Å². The summed E-state index contributed by atoms with van der Waals surface area (Å²) in [4.78, 5) is 0. The van der Waals surface area contributed by atoms with Crippen molar-refractivity contribution in [3.63, 3.8) is 0 Å². The maximum absolute atomic E-state index is 9.37. The van der Waals surface area contributed by atoms with Crippen molar-refractivity contribution in [2.24, 2.45) is 17.1 Å². The minimum atomic E-state index is 0.0124. The summed E-state index contributed by atoms with van der Waals surface area (Å²) in [5.74, 6) is 0.579. The van der Waals surface area contributed by atoms with E-state index in [4.69, 9.17) is 10.5 Å². The third-order valence-electron chi connectivity index (χ3n) is 3.28. The molecule has 0 aromatic carbocycles. The molecule has 1 heterocycles. The lowest BCUT2D eigenvalue weighted by atomic mass is 9.71. The summed E-state index contributed by atoms with van der Waals surface area (Å²) in [6.07, 6.45) is 3.04. The molecule has 0 radical (unpaired) electrons. The van der Waals surface area contributed by atoms with Crippen molar-refractivity contribution in [2.75, 3.05) is 26.4 Å². The average Bonchev–Trinajstić information content (AvgIpc) is 2.19. The molecule has 1 aliphatic rings. The van der Waals surface area contributed by atoms with Crippen LogP contribution < -0.4 is 5.73 Å². The molecule has 3 N–H and O–H groups in total. The smallest absolute Gasteiger partial charge is 0.0487 e. The van der Waals surface area contributed by atoms with E-state index in [0.717, 1.165) is 32.5 Å². The fourth-order valence-electron chi connectivity index (χ4n) is 2.14. The first kappa shape index (κ1) is 11.0. The Kier molecular flexibility index (Phi) is 4.16. The second-order valence-corrected chi connectivity index (χ2v) is 4.24. The van der Waals surface area contributed by atoms with Crippen molar-refractivity contribution in [3.05, 3.63) is 0 Å². The summed E-state index contributed by atoms with van der Waals surface area (Å²) in [6, 6.07) is 0. The van der Waals surface area contributed by atoms with Crippen LogP contribution in [0.5, 0.6) is 0 Å². The van der Waals surface area contributed by atoms with Crippen LogP contribution in [0.2, 0.25) is 0 Å². The summed E-state index contributed by atoms with van der Waals surface area (Å²) in [6.45, 7) is 4.72. The molecule has 1 saturated heterocycles. The SMILES string of the molecule is CC(CO)(CCN)C1CCOCC1. The van der Waals surface area contributed by atoms with E-state index in [1.54, 1.807) is 0 Å². The van der Waals surface area contributed by atoms with Gasteiger partial charge in [-0.15, -0.1) is 0 Å². The summed E-state index contributed by atoms with van der Waals surface area (Å²) in [7, 11) is 0. The summed E-state index contributed by atoms with van der Waals surface area (Å²) < 4.78 is 5.30. The fourth-order valence-corrected chi connectivity index (χ4v) is 2.14. The molecule has 0 bridgehead atoms. The van der Waals surface area contributed by atoms with Crippen LogP contribution in [-0.2, 0) is 4.74 Å². The molecular weight excluding hydrogens is 166 g/mol. The lowest BCUT2D eigenvalue weighted by molar-refractivity contribution is -0.0117. The lowest BCUT2D eigenvalue weighted by Gasteiger charge is -2.38. The van der Waals surface area contributed by atoms with Gasteiger partial charge >= 0.3 is 0 Å². The highest BCUT2D eigenvalue weighted by Gasteiger charge is 2.33. The first-order chi connectivity index (χ1) is 6.23. The zero-order chi connectivity index (χ0) is 9.73. The Morgan fingerprint density at radius 3 is 2.54 bits per heavy atom. The maximum Gasteiger partial charge on any atom is 0.0487 e. The third-order valence-corrected chi connectivity index (χ3v) is 3.28. The predicted octanol–water partition coefficient (Wildman–Crippen LogP) is 0.760. The largest absolute Gasteiger partial charge is 0.396 e. The molecule has 1 unspecified atom stereocenters. The van der Waals surface area contributed by atoms with Crippen molar-refractivity contribution < 1.29 is 9.84 Å². The third kappa shape index (κ3) is 2.66. The summed E-state index contributed by atoms with van der Waals surface area (Å²) in [5.41, 5.74) is 5.57. The van der Waals surface area contributed by atoms with Crippen LogP contribution in [0.15, 0.2) is 0 Å². The standard InChI is InChI=1S/C10H21NO2/c1-10(8-12,4-5-11)9-2-6-13-7-3-9/h9,12H,2-8,11H2,1H3.